The van der Waals surface area contributed by atoms with Gasteiger partial charge in [-0.05, 0) is 35.7 Å². The second-order valence-electron chi connectivity index (χ2n) is 6.49. The van der Waals surface area contributed by atoms with Gasteiger partial charge in [0, 0.05) is 27.6 Å². The predicted molar refractivity (Wildman–Crippen MR) is 113 cm³/mol. The van der Waals surface area contributed by atoms with Gasteiger partial charge < -0.3 is 5.11 Å². The molecule has 0 amide bonds. The Bertz CT molecular complexity index is 980. The van der Waals surface area contributed by atoms with Crippen molar-refractivity contribution in [2.45, 2.75) is 13.3 Å². The highest BCUT2D eigenvalue weighted by molar-refractivity contribution is 6.34. The SMILES string of the molecule is CC(C(=O)O)C(=O)Cc1c(-c2ccccc2Cl)cccc1-c1ccccc1Cl. The minimum absolute atomic E-state index is 0.0323. The van der Waals surface area contributed by atoms with Crippen LogP contribution in [0.1, 0.15) is 12.5 Å². The summed E-state index contributed by atoms with van der Waals surface area (Å²) in [6.07, 6.45) is -0.0323. The van der Waals surface area contributed by atoms with Crippen molar-refractivity contribution >= 4 is 35.0 Å². The van der Waals surface area contributed by atoms with Crippen LogP contribution < -0.4 is 0 Å². The number of Topliss-reactive ketones (excluding diaryl/α,β-unsaturated/α-hetero) is 1. The molecule has 0 fully saturated rings. The number of rotatable bonds is 6. The lowest BCUT2D eigenvalue weighted by Crippen LogP contribution is -2.22. The van der Waals surface area contributed by atoms with Gasteiger partial charge in [0.05, 0.1) is 0 Å². The zero-order chi connectivity index (χ0) is 20.3. The Kier molecular flexibility index (Phi) is 6.18. The largest absolute Gasteiger partial charge is 0.481 e. The average molecular weight is 413 g/mol. The van der Waals surface area contributed by atoms with E-state index >= 15 is 0 Å². The number of hydrogen-bond donors (Lipinski definition) is 1. The zero-order valence-electron chi connectivity index (χ0n) is 15.2. The van der Waals surface area contributed by atoms with Crippen LogP contribution in [0.25, 0.3) is 22.3 Å². The Balaban J connectivity index is 2.22. The molecule has 3 nitrogen and oxygen atoms in total. The number of halogens is 2. The molecule has 0 aliphatic heterocycles. The molecule has 142 valence electrons. The van der Waals surface area contributed by atoms with E-state index in [0.717, 1.165) is 22.3 Å². The quantitative estimate of drug-likeness (QED) is 0.493. The number of carboxylic acids is 1. The first-order chi connectivity index (χ1) is 13.4. The van der Waals surface area contributed by atoms with Gasteiger partial charge in [-0.3, -0.25) is 9.59 Å². The number of carbonyl (C=O) groups excluding carboxylic acids is 1. The Morgan fingerprint density at radius 3 is 1.64 bits per heavy atom. The molecule has 0 saturated carbocycles. The van der Waals surface area contributed by atoms with Gasteiger partial charge in [-0.25, -0.2) is 0 Å². The van der Waals surface area contributed by atoms with E-state index in [-0.39, 0.29) is 12.2 Å². The molecule has 0 aliphatic rings. The van der Waals surface area contributed by atoms with Crippen LogP contribution >= 0.6 is 23.2 Å². The molecular formula is C23H18Cl2O3. The molecule has 0 saturated heterocycles. The highest BCUT2D eigenvalue weighted by Gasteiger charge is 2.24. The van der Waals surface area contributed by atoms with Crippen LogP contribution in [0.5, 0.6) is 0 Å². The van der Waals surface area contributed by atoms with Gasteiger partial charge >= 0.3 is 5.97 Å². The average Bonchev–Trinajstić information content (AvgIpc) is 2.68. The molecule has 28 heavy (non-hydrogen) atoms. The Morgan fingerprint density at radius 1 is 0.786 bits per heavy atom. The van der Waals surface area contributed by atoms with E-state index in [2.05, 4.69) is 0 Å². The van der Waals surface area contributed by atoms with Gasteiger partial charge in [-0.1, -0.05) is 77.8 Å². The van der Waals surface area contributed by atoms with Gasteiger partial charge in [0.25, 0.3) is 0 Å². The van der Waals surface area contributed by atoms with Gasteiger partial charge in [0.15, 0.2) is 5.78 Å². The van der Waals surface area contributed by atoms with Gasteiger partial charge in [-0.2, -0.15) is 0 Å². The summed E-state index contributed by atoms with van der Waals surface area (Å²) < 4.78 is 0. The Morgan fingerprint density at radius 2 is 1.21 bits per heavy atom. The Hall–Kier alpha value is -2.62. The minimum Gasteiger partial charge on any atom is -0.481 e. The van der Waals surface area contributed by atoms with E-state index in [9.17, 15) is 14.7 Å². The highest BCUT2D eigenvalue weighted by atomic mass is 35.5. The van der Waals surface area contributed by atoms with E-state index in [0.29, 0.717) is 15.6 Å². The van der Waals surface area contributed by atoms with Crippen LogP contribution in [0.4, 0.5) is 0 Å². The number of hydrogen-bond acceptors (Lipinski definition) is 2. The summed E-state index contributed by atoms with van der Waals surface area (Å²) in [7, 11) is 0. The molecule has 0 radical (unpaired) electrons. The summed E-state index contributed by atoms with van der Waals surface area (Å²) >= 11 is 12.8. The summed E-state index contributed by atoms with van der Waals surface area (Å²) in [5.74, 6) is -2.61. The van der Waals surface area contributed by atoms with E-state index in [1.165, 1.54) is 6.92 Å². The van der Waals surface area contributed by atoms with Crippen LogP contribution in [-0.2, 0) is 16.0 Å². The molecule has 3 aromatic rings. The van der Waals surface area contributed by atoms with Crippen molar-refractivity contribution in [3.63, 3.8) is 0 Å². The first kappa shape index (κ1) is 20.1. The van der Waals surface area contributed by atoms with Crippen LogP contribution in [0.2, 0.25) is 10.0 Å². The first-order valence-electron chi connectivity index (χ1n) is 8.77. The zero-order valence-corrected chi connectivity index (χ0v) is 16.7. The number of ketones is 1. The number of aliphatic carboxylic acids is 1. The molecule has 1 unspecified atom stereocenters. The molecule has 0 bridgehead atoms. The van der Waals surface area contributed by atoms with Gasteiger partial charge in [0.2, 0.25) is 0 Å². The smallest absolute Gasteiger partial charge is 0.313 e. The van der Waals surface area contributed by atoms with E-state index in [1.54, 1.807) is 12.1 Å². The molecular weight excluding hydrogens is 395 g/mol. The maximum Gasteiger partial charge on any atom is 0.313 e. The van der Waals surface area contributed by atoms with Crippen LogP contribution in [-0.4, -0.2) is 16.9 Å². The van der Waals surface area contributed by atoms with Gasteiger partial charge in [-0.15, -0.1) is 0 Å². The van der Waals surface area contributed by atoms with Crippen molar-refractivity contribution in [1.29, 1.82) is 0 Å². The Labute approximate surface area is 173 Å². The third kappa shape index (κ3) is 4.11. The molecule has 0 spiro atoms. The monoisotopic (exact) mass is 412 g/mol. The topological polar surface area (TPSA) is 54.4 Å². The minimum atomic E-state index is -1.14. The lowest BCUT2D eigenvalue weighted by molar-refractivity contribution is -0.145. The van der Waals surface area contributed by atoms with Crippen molar-refractivity contribution in [3.05, 3.63) is 82.3 Å². The summed E-state index contributed by atoms with van der Waals surface area (Å²) in [5, 5.41) is 10.3. The first-order valence-corrected chi connectivity index (χ1v) is 9.53. The fourth-order valence-electron chi connectivity index (χ4n) is 3.11. The lowest BCUT2D eigenvalue weighted by atomic mass is 9.87. The van der Waals surface area contributed by atoms with E-state index in [4.69, 9.17) is 23.2 Å². The second-order valence-corrected chi connectivity index (χ2v) is 7.31. The molecule has 0 aromatic heterocycles. The second kappa shape index (κ2) is 8.59. The number of carbonyl (C=O) groups is 2. The van der Waals surface area contributed by atoms with Crippen LogP contribution in [0.15, 0.2) is 66.7 Å². The standard InChI is InChI=1S/C23H18Cl2O3/c1-14(23(27)28)22(26)13-19-15(17-7-2-4-11-20(17)24)9-6-10-16(19)18-8-3-5-12-21(18)25/h2-12,14H,13H2,1H3,(H,27,28). The maximum absolute atomic E-state index is 12.6. The third-order valence-corrected chi connectivity index (χ3v) is 5.37. The van der Waals surface area contributed by atoms with Gasteiger partial charge in [0.1, 0.15) is 5.92 Å². The van der Waals surface area contributed by atoms with Crippen molar-refractivity contribution in [2.75, 3.05) is 0 Å². The lowest BCUT2D eigenvalue weighted by Gasteiger charge is -2.17. The highest BCUT2D eigenvalue weighted by Crippen LogP contribution is 2.38. The van der Waals surface area contributed by atoms with Crippen LogP contribution in [0.3, 0.4) is 0 Å². The van der Waals surface area contributed by atoms with Crippen LogP contribution in [0, 0.1) is 5.92 Å². The fraction of sp³-hybridized carbons (Fsp3) is 0.130. The summed E-state index contributed by atoms with van der Waals surface area (Å²) in [5.41, 5.74) is 3.84. The maximum atomic E-state index is 12.6. The molecule has 5 heteroatoms. The summed E-state index contributed by atoms with van der Waals surface area (Å²) in [6.45, 7) is 1.40. The summed E-state index contributed by atoms with van der Waals surface area (Å²) in [6, 6.07) is 20.4. The fourth-order valence-corrected chi connectivity index (χ4v) is 3.58. The number of benzene rings is 3. The molecule has 1 atom stereocenters. The van der Waals surface area contributed by atoms with Crippen molar-refractivity contribution in [1.82, 2.24) is 0 Å². The molecule has 1 N–H and O–H groups in total. The number of carboxylic acid groups (broad SMARTS) is 1. The normalized spacial score (nSPS) is 11.8. The van der Waals surface area contributed by atoms with E-state index < -0.39 is 11.9 Å². The van der Waals surface area contributed by atoms with Crippen molar-refractivity contribution in [3.8, 4) is 22.3 Å². The molecule has 0 heterocycles. The van der Waals surface area contributed by atoms with Crippen molar-refractivity contribution < 1.29 is 14.7 Å². The molecule has 0 aliphatic carbocycles. The molecule has 3 rings (SSSR count). The third-order valence-electron chi connectivity index (χ3n) is 4.71. The summed E-state index contributed by atoms with van der Waals surface area (Å²) in [4.78, 5) is 23.9. The van der Waals surface area contributed by atoms with Crippen molar-refractivity contribution in [2.24, 2.45) is 5.92 Å². The predicted octanol–water partition coefficient (Wildman–Crippen LogP) is 6.16. The van der Waals surface area contributed by atoms with E-state index in [1.807, 2.05) is 54.6 Å². The molecule has 3 aromatic carbocycles.